The molecule has 0 radical (unpaired) electrons. The van der Waals surface area contributed by atoms with E-state index >= 15 is 0 Å². The van der Waals surface area contributed by atoms with Gasteiger partial charge in [-0.3, -0.25) is 0 Å². The number of halogens is 1. The highest BCUT2D eigenvalue weighted by Crippen LogP contribution is 2.18. The topological polar surface area (TPSA) is 47.4 Å². The molecule has 2 aromatic carbocycles. The molecule has 0 atom stereocenters. The molecule has 26 heavy (non-hydrogen) atoms. The van der Waals surface area contributed by atoms with Crippen LogP contribution in [-0.2, 0) is 24.4 Å². The highest BCUT2D eigenvalue weighted by atomic mass is 79.9. The summed E-state index contributed by atoms with van der Waals surface area (Å²) in [4.78, 5) is 18.4. The minimum atomic E-state index is -0.329. The average Bonchev–Trinajstić information content (AvgIpc) is 3.19. The molecule has 1 aromatic heterocycles. The molecule has 1 amide bonds. The molecule has 6 heteroatoms. The Balaban J connectivity index is 1.66. The molecule has 0 fully saturated rings. The van der Waals surface area contributed by atoms with Crippen LogP contribution in [0.2, 0.25) is 0 Å². The van der Waals surface area contributed by atoms with Gasteiger partial charge in [0.25, 0.3) is 0 Å². The molecular formula is C20H20BrN3O2. The first kappa shape index (κ1) is 18.2. The van der Waals surface area contributed by atoms with E-state index in [9.17, 15) is 4.79 Å². The third kappa shape index (κ3) is 5.20. The van der Waals surface area contributed by atoms with Crippen LogP contribution < -0.4 is 0 Å². The molecule has 0 spiro atoms. The van der Waals surface area contributed by atoms with Gasteiger partial charge in [-0.05, 0) is 17.2 Å². The van der Waals surface area contributed by atoms with E-state index in [2.05, 4.69) is 20.9 Å². The molecule has 134 valence electrons. The lowest BCUT2D eigenvalue weighted by Crippen LogP contribution is -2.34. The molecular weight excluding hydrogens is 394 g/mol. The SMILES string of the molecule is O=C(OCc1ccccc1)N(CCn1ccnc1)Cc1ccccc1Br. The monoisotopic (exact) mass is 413 g/mol. The quantitative estimate of drug-likeness (QED) is 0.573. The van der Waals surface area contributed by atoms with Crippen molar-refractivity contribution >= 4 is 22.0 Å². The highest BCUT2D eigenvalue weighted by Gasteiger charge is 2.17. The Morgan fingerprint density at radius 1 is 1.12 bits per heavy atom. The number of carbonyl (C=O) groups is 1. The van der Waals surface area contributed by atoms with Gasteiger partial charge in [-0.25, -0.2) is 9.78 Å². The number of ether oxygens (including phenoxy) is 1. The summed E-state index contributed by atoms with van der Waals surface area (Å²) < 4.78 is 8.44. The molecule has 0 aliphatic heterocycles. The van der Waals surface area contributed by atoms with Gasteiger partial charge >= 0.3 is 6.09 Å². The predicted molar refractivity (Wildman–Crippen MR) is 103 cm³/mol. The van der Waals surface area contributed by atoms with Gasteiger partial charge in [-0.1, -0.05) is 64.5 Å². The van der Waals surface area contributed by atoms with Crippen molar-refractivity contribution in [3.63, 3.8) is 0 Å². The van der Waals surface area contributed by atoms with Gasteiger partial charge in [0.2, 0.25) is 0 Å². The minimum Gasteiger partial charge on any atom is -0.445 e. The number of nitrogens with zero attached hydrogens (tertiary/aromatic N) is 3. The summed E-state index contributed by atoms with van der Waals surface area (Å²) in [6.07, 6.45) is 5.02. The summed E-state index contributed by atoms with van der Waals surface area (Å²) in [6, 6.07) is 17.6. The van der Waals surface area contributed by atoms with Crippen LogP contribution in [0.3, 0.4) is 0 Å². The maximum Gasteiger partial charge on any atom is 0.410 e. The molecule has 3 aromatic rings. The maximum atomic E-state index is 12.7. The van der Waals surface area contributed by atoms with E-state index < -0.39 is 0 Å². The van der Waals surface area contributed by atoms with Gasteiger partial charge in [-0.15, -0.1) is 0 Å². The fraction of sp³-hybridized carbons (Fsp3) is 0.200. The standard InChI is InChI=1S/C20H20BrN3O2/c21-19-9-5-4-8-18(19)14-24(13-12-23-11-10-22-16-23)20(25)26-15-17-6-2-1-3-7-17/h1-11,16H,12-15H2. The van der Waals surface area contributed by atoms with E-state index in [1.807, 2.05) is 65.4 Å². The lowest BCUT2D eigenvalue weighted by Gasteiger charge is -2.23. The van der Waals surface area contributed by atoms with E-state index in [-0.39, 0.29) is 12.7 Å². The zero-order valence-corrected chi connectivity index (χ0v) is 15.9. The van der Waals surface area contributed by atoms with E-state index in [1.54, 1.807) is 17.4 Å². The molecule has 0 N–H and O–H groups in total. The fourth-order valence-corrected chi connectivity index (χ4v) is 2.94. The molecule has 0 unspecified atom stereocenters. The van der Waals surface area contributed by atoms with Crippen molar-refractivity contribution in [2.24, 2.45) is 0 Å². The van der Waals surface area contributed by atoms with Gasteiger partial charge in [0.15, 0.2) is 0 Å². The van der Waals surface area contributed by atoms with Crippen molar-refractivity contribution < 1.29 is 9.53 Å². The number of aromatic nitrogens is 2. The number of hydrogen-bond acceptors (Lipinski definition) is 3. The summed E-state index contributed by atoms with van der Waals surface area (Å²) in [6.45, 7) is 1.93. The average molecular weight is 414 g/mol. The van der Waals surface area contributed by atoms with E-state index in [1.165, 1.54) is 0 Å². The molecule has 0 bridgehead atoms. The van der Waals surface area contributed by atoms with Crippen LogP contribution in [0.4, 0.5) is 4.79 Å². The largest absolute Gasteiger partial charge is 0.445 e. The lowest BCUT2D eigenvalue weighted by atomic mass is 10.2. The van der Waals surface area contributed by atoms with Crippen molar-refractivity contribution in [3.8, 4) is 0 Å². The number of benzene rings is 2. The van der Waals surface area contributed by atoms with Crippen LogP contribution in [0.1, 0.15) is 11.1 Å². The molecule has 0 aliphatic rings. The molecule has 5 nitrogen and oxygen atoms in total. The summed E-state index contributed by atoms with van der Waals surface area (Å²) >= 11 is 3.55. The predicted octanol–water partition coefficient (Wildman–Crippen LogP) is 4.48. The number of rotatable bonds is 7. The molecule has 0 aliphatic carbocycles. The maximum absolute atomic E-state index is 12.7. The number of hydrogen-bond donors (Lipinski definition) is 0. The van der Waals surface area contributed by atoms with Crippen LogP contribution in [0.5, 0.6) is 0 Å². The Hall–Kier alpha value is -2.60. The zero-order chi connectivity index (χ0) is 18.2. The molecule has 1 heterocycles. The van der Waals surface area contributed by atoms with Crippen molar-refractivity contribution in [3.05, 3.63) is 88.9 Å². The summed E-state index contributed by atoms with van der Waals surface area (Å²) in [7, 11) is 0. The van der Waals surface area contributed by atoms with Gasteiger partial charge in [0, 0.05) is 30.0 Å². The number of carbonyl (C=O) groups excluding carboxylic acids is 1. The first-order valence-electron chi connectivity index (χ1n) is 8.37. The van der Waals surface area contributed by atoms with Crippen LogP contribution >= 0.6 is 15.9 Å². The van der Waals surface area contributed by atoms with E-state index in [0.717, 1.165) is 15.6 Å². The molecule has 3 rings (SSSR count). The number of amides is 1. The summed E-state index contributed by atoms with van der Waals surface area (Å²) in [5, 5.41) is 0. The normalized spacial score (nSPS) is 10.5. The first-order valence-corrected chi connectivity index (χ1v) is 9.16. The van der Waals surface area contributed by atoms with Crippen LogP contribution in [0.25, 0.3) is 0 Å². The van der Waals surface area contributed by atoms with Crippen molar-refractivity contribution in [1.29, 1.82) is 0 Å². The fourth-order valence-electron chi connectivity index (χ4n) is 2.53. The van der Waals surface area contributed by atoms with Crippen LogP contribution in [-0.4, -0.2) is 27.1 Å². The summed E-state index contributed by atoms with van der Waals surface area (Å²) in [5.74, 6) is 0. The smallest absolute Gasteiger partial charge is 0.410 e. The Morgan fingerprint density at radius 3 is 2.62 bits per heavy atom. The second-order valence-corrected chi connectivity index (χ2v) is 6.71. The highest BCUT2D eigenvalue weighted by molar-refractivity contribution is 9.10. The van der Waals surface area contributed by atoms with Crippen molar-refractivity contribution in [2.75, 3.05) is 6.54 Å². The third-order valence-electron chi connectivity index (χ3n) is 3.97. The third-order valence-corrected chi connectivity index (χ3v) is 4.74. The van der Waals surface area contributed by atoms with Crippen LogP contribution in [0, 0.1) is 0 Å². The van der Waals surface area contributed by atoms with Crippen molar-refractivity contribution in [1.82, 2.24) is 14.5 Å². The van der Waals surface area contributed by atoms with Gasteiger partial charge in [0.05, 0.1) is 12.9 Å². The Bertz CT molecular complexity index is 822. The molecule has 0 saturated heterocycles. The number of imidazole rings is 1. The minimum absolute atomic E-state index is 0.261. The van der Waals surface area contributed by atoms with E-state index in [0.29, 0.717) is 19.6 Å². The lowest BCUT2D eigenvalue weighted by molar-refractivity contribution is 0.0922. The zero-order valence-electron chi connectivity index (χ0n) is 14.3. The summed E-state index contributed by atoms with van der Waals surface area (Å²) in [5.41, 5.74) is 2.01. The second kappa shape index (κ2) is 9.20. The Morgan fingerprint density at radius 2 is 1.88 bits per heavy atom. The van der Waals surface area contributed by atoms with Crippen LogP contribution in [0.15, 0.2) is 77.8 Å². The first-order chi connectivity index (χ1) is 12.7. The van der Waals surface area contributed by atoms with Crippen molar-refractivity contribution in [2.45, 2.75) is 19.7 Å². The van der Waals surface area contributed by atoms with Gasteiger partial charge in [-0.2, -0.15) is 0 Å². The van der Waals surface area contributed by atoms with Gasteiger partial charge in [0.1, 0.15) is 6.61 Å². The Labute approximate surface area is 161 Å². The second-order valence-electron chi connectivity index (χ2n) is 5.85. The van der Waals surface area contributed by atoms with Gasteiger partial charge < -0.3 is 14.2 Å². The van der Waals surface area contributed by atoms with E-state index in [4.69, 9.17) is 4.74 Å². The Kier molecular flexibility index (Phi) is 6.44. The molecule has 0 saturated carbocycles.